The Morgan fingerprint density at radius 2 is 1.33 bits per heavy atom. The molecule has 0 spiro atoms. The average Bonchev–Trinajstić information content (AvgIpc) is 3.57. The summed E-state index contributed by atoms with van der Waals surface area (Å²) in [6.45, 7) is -0.764. The van der Waals surface area contributed by atoms with E-state index in [1.807, 2.05) is 30.3 Å². The Bertz CT molecular complexity index is 1750. The summed E-state index contributed by atoms with van der Waals surface area (Å²) in [5.41, 5.74) is 1.41. The van der Waals surface area contributed by atoms with Gasteiger partial charge in [-0.1, -0.05) is 114 Å². The highest BCUT2D eigenvalue weighted by molar-refractivity contribution is 7.92. The first-order valence-electron chi connectivity index (χ1n) is 15.0. The minimum atomic E-state index is -4.27. The minimum absolute atomic E-state index is 0.00953. The van der Waals surface area contributed by atoms with Crippen LogP contribution in [0.2, 0.25) is 15.1 Å². The van der Waals surface area contributed by atoms with Gasteiger partial charge in [0, 0.05) is 34.6 Å². The van der Waals surface area contributed by atoms with Crippen molar-refractivity contribution in [3.05, 3.63) is 129 Å². The van der Waals surface area contributed by atoms with Crippen LogP contribution in [0, 0.1) is 0 Å². The van der Waals surface area contributed by atoms with Gasteiger partial charge >= 0.3 is 0 Å². The second-order valence-corrected chi connectivity index (χ2v) is 14.3. The third kappa shape index (κ3) is 8.04. The molecule has 7 nitrogen and oxygen atoms in total. The maximum atomic E-state index is 14.6. The highest BCUT2D eigenvalue weighted by Crippen LogP contribution is 2.32. The first-order chi connectivity index (χ1) is 22.1. The molecule has 4 aromatic rings. The van der Waals surface area contributed by atoms with Crippen LogP contribution in [0.5, 0.6) is 0 Å². The van der Waals surface area contributed by atoms with E-state index in [4.69, 9.17) is 34.8 Å². The number of halogens is 3. The molecule has 1 fully saturated rings. The third-order valence-electron chi connectivity index (χ3n) is 8.09. The van der Waals surface area contributed by atoms with Crippen LogP contribution in [0.15, 0.2) is 108 Å². The van der Waals surface area contributed by atoms with E-state index in [1.165, 1.54) is 17.0 Å². The Morgan fingerprint density at radius 3 is 1.96 bits per heavy atom. The Balaban J connectivity index is 1.60. The van der Waals surface area contributed by atoms with Gasteiger partial charge in [0.15, 0.2) is 0 Å². The van der Waals surface area contributed by atoms with Crippen LogP contribution in [0.3, 0.4) is 0 Å². The molecular formula is C35H34Cl3N3O4S. The van der Waals surface area contributed by atoms with Crippen LogP contribution in [-0.2, 0) is 32.6 Å². The molecule has 1 atom stereocenters. The van der Waals surface area contributed by atoms with Crippen molar-refractivity contribution in [1.82, 2.24) is 10.2 Å². The van der Waals surface area contributed by atoms with Crippen LogP contribution in [0.1, 0.15) is 36.8 Å². The molecule has 1 aliphatic rings. The van der Waals surface area contributed by atoms with Gasteiger partial charge in [-0.05, 0) is 54.8 Å². The van der Waals surface area contributed by atoms with Crippen LogP contribution < -0.4 is 9.62 Å². The lowest BCUT2D eigenvalue weighted by Crippen LogP contribution is -2.54. The number of anilines is 1. The molecule has 46 heavy (non-hydrogen) atoms. The van der Waals surface area contributed by atoms with Crippen molar-refractivity contribution in [2.75, 3.05) is 10.8 Å². The molecule has 5 rings (SSSR count). The van der Waals surface area contributed by atoms with Crippen molar-refractivity contribution in [3.63, 3.8) is 0 Å². The Hall–Kier alpha value is -3.56. The van der Waals surface area contributed by atoms with Crippen molar-refractivity contribution < 1.29 is 18.0 Å². The SMILES string of the molecule is O=C(NC1CCCC1)[C@H](Cc1ccccc1)N(Cc1c(Cl)cccc1Cl)C(=O)CN(c1ccccc1Cl)S(=O)(=O)c1ccccc1. The van der Waals surface area contributed by atoms with Crippen LogP contribution in [-0.4, -0.2) is 43.8 Å². The largest absolute Gasteiger partial charge is 0.352 e. The highest BCUT2D eigenvalue weighted by Gasteiger charge is 2.36. The molecule has 240 valence electrons. The first-order valence-corrected chi connectivity index (χ1v) is 17.6. The summed E-state index contributed by atoms with van der Waals surface area (Å²) in [6.07, 6.45) is 3.91. The van der Waals surface area contributed by atoms with Gasteiger partial charge < -0.3 is 10.2 Å². The van der Waals surface area contributed by atoms with Crippen molar-refractivity contribution in [3.8, 4) is 0 Å². The molecule has 0 heterocycles. The summed E-state index contributed by atoms with van der Waals surface area (Å²) in [5, 5.41) is 3.94. The Labute approximate surface area is 285 Å². The van der Waals surface area contributed by atoms with Gasteiger partial charge in [0.2, 0.25) is 11.8 Å². The predicted octanol–water partition coefficient (Wildman–Crippen LogP) is 7.54. The molecule has 2 amide bonds. The topological polar surface area (TPSA) is 86.8 Å². The van der Waals surface area contributed by atoms with E-state index in [2.05, 4.69) is 5.32 Å². The summed E-state index contributed by atoms with van der Waals surface area (Å²) in [5.74, 6) is -0.958. The number of nitrogens with zero attached hydrogens (tertiary/aromatic N) is 2. The van der Waals surface area contributed by atoms with Crippen molar-refractivity contribution in [2.45, 2.75) is 55.6 Å². The number of hydrogen-bond donors (Lipinski definition) is 1. The summed E-state index contributed by atoms with van der Waals surface area (Å²) in [4.78, 5) is 30.1. The number of hydrogen-bond acceptors (Lipinski definition) is 4. The summed E-state index contributed by atoms with van der Waals surface area (Å²) >= 11 is 19.7. The first kappa shape index (κ1) is 33.8. The molecule has 0 unspecified atom stereocenters. The van der Waals surface area contributed by atoms with Crippen molar-refractivity contribution >= 4 is 62.3 Å². The second-order valence-electron chi connectivity index (χ2n) is 11.2. The molecule has 0 saturated heterocycles. The standard InChI is InChI=1S/C35H34Cl3N3O4S/c36-29-19-11-20-30(37)28(29)23-40(33(22-25-12-3-1-4-13-25)35(43)39-26-14-7-8-15-26)34(42)24-41(32-21-10-9-18-31(32)38)46(44,45)27-16-5-2-6-17-27/h1-6,9-13,16-21,26,33H,7-8,14-15,22-24H2,(H,39,43)/t33-/m0/s1. The molecule has 0 bridgehead atoms. The van der Waals surface area contributed by atoms with Crippen LogP contribution >= 0.6 is 34.8 Å². The minimum Gasteiger partial charge on any atom is -0.352 e. The molecule has 1 aliphatic carbocycles. The van der Waals surface area contributed by atoms with E-state index in [9.17, 15) is 18.0 Å². The van der Waals surface area contributed by atoms with Gasteiger partial charge in [-0.25, -0.2) is 8.42 Å². The van der Waals surface area contributed by atoms with E-state index in [1.54, 1.807) is 60.7 Å². The highest BCUT2D eigenvalue weighted by atomic mass is 35.5. The van der Waals surface area contributed by atoms with Crippen molar-refractivity contribution in [1.29, 1.82) is 0 Å². The fourth-order valence-corrected chi connectivity index (χ4v) is 7.92. The lowest BCUT2D eigenvalue weighted by Gasteiger charge is -2.35. The van der Waals surface area contributed by atoms with E-state index in [0.29, 0.717) is 15.6 Å². The smallest absolute Gasteiger partial charge is 0.264 e. The predicted molar refractivity (Wildman–Crippen MR) is 184 cm³/mol. The maximum Gasteiger partial charge on any atom is 0.264 e. The number of carbonyl (C=O) groups excluding carboxylic acids is 2. The van der Waals surface area contributed by atoms with Gasteiger partial charge in [0.05, 0.1) is 15.6 Å². The zero-order chi connectivity index (χ0) is 32.7. The number of amides is 2. The normalized spacial score (nSPS) is 14.1. The van der Waals surface area contributed by atoms with Crippen LogP contribution in [0.4, 0.5) is 5.69 Å². The average molecular weight is 699 g/mol. The third-order valence-corrected chi connectivity index (χ3v) is 10.9. The number of para-hydroxylation sites is 1. The molecule has 1 N–H and O–H groups in total. The number of rotatable bonds is 12. The molecule has 0 radical (unpaired) electrons. The Kier molecular flexibility index (Phi) is 11.3. The van der Waals surface area contributed by atoms with E-state index >= 15 is 0 Å². The molecule has 0 aliphatic heterocycles. The quantitative estimate of drug-likeness (QED) is 0.166. The monoisotopic (exact) mass is 697 g/mol. The summed E-state index contributed by atoms with van der Waals surface area (Å²) in [6, 6.07) is 27.6. The Morgan fingerprint density at radius 1 is 0.761 bits per heavy atom. The molecule has 4 aromatic carbocycles. The molecular weight excluding hydrogens is 665 g/mol. The van der Waals surface area contributed by atoms with Gasteiger partial charge in [0.1, 0.15) is 12.6 Å². The maximum absolute atomic E-state index is 14.6. The number of sulfonamides is 1. The number of carbonyl (C=O) groups is 2. The summed E-state index contributed by atoms with van der Waals surface area (Å²) < 4.78 is 29.2. The number of nitrogens with one attached hydrogen (secondary N) is 1. The molecule has 0 aromatic heterocycles. The summed E-state index contributed by atoms with van der Waals surface area (Å²) in [7, 11) is -4.27. The van der Waals surface area contributed by atoms with E-state index in [-0.39, 0.29) is 40.5 Å². The van der Waals surface area contributed by atoms with E-state index < -0.39 is 28.5 Å². The van der Waals surface area contributed by atoms with Gasteiger partial charge in [0.25, 0.3) is 10.0 Å². The van der Waals surface area contributed by atoms with Gasteiger partial charge in [-0.2, -0.15) is 0 Å². The zero-order valence-corrected chi connectivity index (χ0v) is 28.1. The van der Waals surface area contributed by atoms with Crippen molar-refractivity contribution in [2.24, 2.45) is 0 Å². The fraction of sp³-hybridized carbons (Fsp3) is 0.257. The van der Waals surface area contributed by atoms with E-state index in [0.717, 1.165) is 35.6 Å². The number of benzene rings is 4. The zero-order valence-electron chi connectivity index (χ0n) is 25.0. The molecule has 11 heteroatoms. The van der Waals surface area contributed by atoms with Crippen LogP contribution in [0.25, 0.3) is 0 Å². The molecule has 1 saturated carbocycles. The fourth-order valence-electron chi connectivity index (χ4n) is 5.66. The van der Waals surface area contributed by atoms with Gasteiger partial charge in [-0.15, -0.1) is 0 Å². The lowest BCUT2D eigenvalue weighted by atomic mass is 10.0. The lowest BCUT2D eigenvalue weighted by molar-refractivity contribution is -0.140. The second kappa shape index (κ2) is 15.4. The van der Waals surface area contributed by atoms with Gasteiger partial charge in [-0.3, -0.25) is 13.9 Å².